The van der Waals surface area contributed by atoms with Crippen LogP contribution in [0.25, 0.3) is 0 Å². The van der Waals surface area contributed by atoms with Crippen molar-refractivity contribution in [1.82, 2.24) is 10.0 Å². The minimum Gasteiger partial charge on any atom is -0.372 e. The third-order valence-corrected chi connectivity index (χ3v) is 6.49. The molecule has 0 aromatic heterocycles. The molecule has 1 aliphatic rings. The first-order valence-corrected chi connectivity index (χ1v) is 11.1. The van der Waals surface area contributed by atoms with E-state index in [4.69, 9.17) is 0 Å². The molecule has 0 radical (unpaired) electrons. The zero-order chi connectivity index (χ0) is 20.0. The number of piperidine rings is 1. The van der Waals surface area contributed by atoms with Gasteiger partial charge in [-0.05, 0) is 67.6 Å². The lowest BCUT2D eigenvalue weighted by molar-refractivity contribution is 0.0963. The first-order chi connectivity index (χ1) is 13.5. The molecule has 0 atom stereocenters. The second-order valence-electron chi connectivity index (χ2n) is 6.97. The van der Waals surface area contributed by atoms with Gasteiger partial charge < -0.3 is 10.2 Å². The highest BCUT2D eigenvalue weighted by molar-refractivity contribution is 7.89. The SMILES string of the molecule is CNC(=O)c1ccc(S(=O)(=O)NCCc2ccc(N3CCCCC3)cc2)cc1. The van der Waals surface area contributed by atoms with Crippen LogP contribution in [-0.4, -0.2) is 41.0 Å². The average Bonchev–Trinajstić information content (AvgIpc) is 2.74. The number of anilines is 1. The van der Waals surface area contributed by atoms with Crippen LogP contribution in [0, 0.1) is 0 Å². The lowest BCUT2D eigenvalue weighted by Gasteiger charge is -2.28. The van der Waals surface area contributed by atoms with Crippen LogP contribution in [0.1, 0.15) is 35.2 Å². The number of nitrogens with one attached hydrogen (secondary N) is 2. The van der Waals surface area contributed by atoms with Gasteiger partial charge in [-0.25, -0.2) is 13.1 Å². The number of rotatable bonds is 7. The first kappa shape index (κ1) is 20.4. The van der Waals surface area contributed by atoms with Gasteiger partial charge in [0.05, 0.1) is 4.90 Å². The number of amides is 1. The van der Waals surface area contributed by atoms with Gasteiger partial charge in [0.15, 0.2) is 0 Å². The molecule has 2 aromatic carbocycles. The summed E-state index contributed by atoms with van der Waals surface area (Å²) in [5.74, 6) is -0.245. The Balaban J connectivity index is 1.54. The van der Waals surface area contributed by atoms with Crippen molar-refractivity contribution in [2.24, 2.45) is 0 Å². The molecule has 0 bridgehead atoms. The van der Waals surface area contributed by atoms with Crippen LogP contribution in [0.3, 0.4) is 0 Å². The van der Waals surface area contributed by atoms with Gasteiger partial charge in [0.2, 0.25) is 10.0 Å². The molecule has 1 amide bonds. The first-order valence-electron chi connectivity index (χ1n) is 9.65. The fraction of sp³-hybridized carbons (Fsp3) is 0.381. The molecule has 150 valence electrons. The maximum absolute atomic E-state index is 12.4. The largest absolute Gasteiger partial charge is 0.372 e. The molecule has 1 saturated heterocycles. The van der Waals surface area contributed by atoms with Gasteiger partial charge in [0, 0.05) is 37.9 Å². The number of carbonyl (C=O) groups is 1. The van der Waals surface area contributed by atoms with E-state index in [-0.39, 0.29) is 10.8 Å². The van der Waals surface area contributed by atoms with Crippen molar-refractivity contribution in [2.75, 3.05) is 31.6 Å². The summed E-state index contributed by atoms with van der Waals surface area (Å²) in [5, 5.41) is 2.51. The second-order valence-corrected chi connectivity index (χ2v) is 8.73. The second kappa shape index (κ2) is 9.21. The predicted octanol–water partition coefficient (Wildman–Crippen LogP) is 2.56. The molecule has 1 aliphatic heterocycles. The summed E-state index contributed by atoms with van der Waals surface area (Å²) in [7, 11) is -2.06. The number of nitrogens with zero attached hydrogens (tertiary/aromatic N) is 1. The minimum atomic E-state index is -3.59. The van der Waals surface area contributed by atoms with E-state index >= 15 is 0 Å². The number of hydrogen-bond donors (Lipinski definition) is 2. The number of hydrogen-bond acceptors (Lipinski definition) is 4. The van der Waals surface area contributed by atoms with Gasteiger partial charge in [-0.3, -0.25) is 4.79 Å². The van der Waals surface area contributed by atoms with E-state index in [1.165, 1.54) is 56.3 Å². The lowest BCUT2D eigenvalue weighted by Crippen LogP contribution is -2.29. The quantitative estimate of drug-likeness (QED) is 0.747. The number of carbonyl (C=O) groups excluding carboxylic acids is 1. The molecular weight excluding hydrogens is 374 g/mol. The van der Waals surface area contributed by atoms with Gasteiger partial charge in [-0.2, -0.15) is 0 Å². The van der Waals surface area contributed by atoms with Crippen molar-refractivity contribution in [3.63, 3.8) is 0 Å². The van der Waals surface area contributed by atoms with E-state index in [0.29, 0.717) is 18.5 Å². The van der Waals surface area contributed by atoms with Crippen LogP contribution in [0.2, 0.25) is 0 Å². The molecule has 2 N–H and O–H groups in total. The van der Waals surface area contributed by atoms with Crippen LogP contribution < -0.4 is 14.9 Å². The van der Waals surface area contributed by atoms with Crippen molar-refractivity contribution in [3.8, 4) is 0 Å². The topological polar surface area (TPSA) is 78.5 Å². The number of sulfonamides is 1. The van der Waals surface area contributed by atoms with E-state index in [9.17, 15) is 13.2 Å². The van der Waals surface area contributed by atoms with E-state index in [1.807, 2.05) is 0 Å². The van der Waals surface area contributed by atoms with Crippen LogP contribution in [0.15, 0.2) is 53.4 Å². The molecule has 1 fully saturated rings. The molecular formula is C21H27N3O3S. The van der Waals surface area contributed by atoms with Gasteiger partial charge in [-0.1, -0.05) is 12.1 Å². The van der Waals surface area contributed by atoms with Crippen LogP contribution in [0.4, 0.5) is 5.69 Å². The Morgan fingerprint density at radius 3 is 2.21 bits per heavy atom. The highest BCUT2D eigenvalue weighted by atomic mass is 32.2. The van der Waals surface area contributed by atoms with Gasteiger partial charge in [-0.15, -0.1) is 0 Å². The van der Waals surface area contributed by atoms with Crippen molar-refractivity contribution >= 4 is 21.6 Å². The van der Waals surface area contributed by atoms with Crippen molar-refractivity contribution < 1.29 is 13.2 Å². The summed E-state index contributed by atoms with van der Waals surface area (Å²) in [4.78, 5) is 14.1. The average molecular weight is 402 g/mol. The Labute approximate surface area is 167 Å². The van der Waals surface area contributed by atoms with E-state index in [0.717, 1.165) is 18.7 Å². The molecule has 0 saturated carbocycles. The normalized spacial score (nSPS) is 14.7. The smallest absolute Gasteiger partial charge is 0.251 e. The van der Waals surface area contributed by atoms with Crippen LogP contribution >= 0.6 is 0 Å². The van der Waals surface area contributed by atoms with E-state index < -0.39 is 10.0 Å². The Morgan fingerprint density at radius 1 is 0.964 bits per heavy atom. The number of benzene rings is 2. The van der Waals surface area contributed by atoms with Gasteiger partial charge in [0.25, 0.3) is 5.91 Å². The zero-order valence-corrected chi connectivity index (χ0v) is 17.0. The maximum Gasteiger partial charge on any atom is 0.251 e. The minimum absolute atomic E-state index is 0.153. The molecule has 0 aliphatic carbocycles. The zero-order valence-electron chi connectivity index (χ0n) is 16.1. The molecule has 28 heavy (non-hydrogen) atoms. The van der Waals surface area contributed by atoms with Gasteiger partial charge >= 0.3 is 0 Å². The van der Waals surface area contributed by atoms with Crippen molar-refractivity contribution in [2.45, 2.75) is 30.6 Å². The summed E-state index contributed by atoms with van der Waals surface area (Å²) in [6.07, 6.45) is 4.42. The third kappa shape index (κ3) is 5.11. The van der Waals surface area contributed by atoms with Gasteiger partial charge in [0.1, 0.15) is 0 Å². The highest BCUT2D eigenvalue weighted by Crippen LogP contribution is 2.20. The van der Waals surface area contributed by atoms with Crippen LogP contribution in [0.5, 0.6) is 0 Å². The molecule has 0 unspecified atom stereocenters. The molecule has 3 rings (SSSR count). The fourth-order valence-electron chi connectivity index (χ4n) is 3.37. The Hall–Kier alpha value is -2.38. The fourth-order valence-corrected chi connectivity index (χ4v) is 4.40. The predicted molar refractivity (Wildman–Crippen MR) is 111 cm³/mol. The summed E-state index contributed by atoms with van der Waals surface area (Å²) < 4.78 is 27.5. The molecule has 0 spiro atoms. The molecule has 6 nitrogen and oxygen atoms in total. The lowest BCUT2D eigenvalue weighted by atomic mass is 10.1. The Bertz CT molecular complexity index is 887. The van der Waals surface area contributed by atoms with E-state index in [2.05, 4.69) is 39.2 Å². The summed E-state index contributed by atoms with van der Waals surface area (Å²) in [6, 6.07) is 14.3. The molecule has 1 heterocycles. The highest BCUT2D eigenvalue weighted by Gasteiger charge is 2.15. The monoisotopic (exact) mass is 401 g/mol. The molecule has 7 heteroatoms. The van der Waals surface area contributed by atoms with Crippen molar-refractivity contribution in [3.05, 3.63) is 59.7 Å². The van der Waals surface area contributed by atoms with Crippen LogP contribution in [-0.2, 0) is 16.4 Å². The van der Waals surface area contributed by atoms with E-state index in [1.54, 1.807) is 0 Å². The summed E-state index contributed by atoms with van der Waals surface area (Å²) in [6.45, 7) is 2.54. The Kier molecular flexibility index (Phi) is 6.70. The Morgan fingerprint density at radius 2 is 1.61 bits per heavy atom. The summed E-state index contributed by atoms with van der Waals surface area (Å²) in [5.41, 5.74) is 2.76. The van der Waals surface area contributed by atoms with Crippen molar-refractivity contribution in [1.29, 1.82) is 0 Å². The summed E-state index contributed by atoms with van der Waals surface area (Å²) >= 11 is 0. The molecule has 2 aromatic rings. The maximum atomic E-state index is 12.4. The third-order valence-electron chi connectivity index (χ3n) is 5.02. The standard InChI is InChI=1S/C21H27N3O3S/c1-22-21(25)18-7-11-20(12-8-18)28(26,27)23-14-13-17-5-9-19(10-6-17)24-15-3-2-4-16-24/h5-12,23H,2-4,13-16H2,1H3,(H,22,25).